The summed E-state index contributed by atoms with van der Waals surface area (Å²) in [4.78, 5) is 2.29. The SMILES string of the molecule is O=S(=O)(NCCN1CCCCC1)c1cc(CO)oc1Br. The summed E-state index contributed by atoms with van der Waals surface area (Å²) in [5.74, 6) is 0.216. The molecule has 0 aliphatic carbocycles. The smallest absolute Gasteiger partial charge is 0.245 e. The number of nitrogens with one attached hydrogen (secondary N) is 1. The Balaban J connectivity index is 1.91. The van der Waals surface area contributed by atoms with Crippen LogP contribution in [0.25, 0.3) is 0 Å². The van der Waals surface area contributed by atoms with Crippen molar-refractivity contribution in [3.8, 4) is 0 Å². The first-order chi connectivity index (χ1) is 9.53. The predicted molar refractivity (Wildman–Crippen MR) is 77.8 cm³/mol. The number of likely N-dealkylation sites (tertiary alicyclic amines) is 1. The van der Waals surface area contributed by atoms with E-state index in [1.165, 1.54) is 25.3 Å². The highest BCUT2D eigenvalue weighted by Gasteiger charge is 2.22. The minimum absolute atomic E-state index is 0.0280. The molecule has 8 heteroatoms. The van der Waals surface area contributed by atoms with Gasteiger partial charge in [0.1, 0.15) is 17.3 Å². The summed E-state index contributed by atoms with van der Waals surface area (Å²) in [6, 6.07) is 1.33. The third-order valence-electron chi connectivity index (χ3n) is 3.32. The van der Waals surface area contributed by atoms with Crippen LogP contribution in [-0.4, -0.2) is 44.6 Å². The van der Waals surface area contributed by atoms with E-state index in [4.69, 9.17) is 9.52 Å². The molecule has 1 aliphatic rings. The van der Waals surface area contributed by atoms with Crippen LogP contribution in [0.2, 0.25) is 0 Å². The lowest BCUT2D eigenvalue weighted by Crippen LogP contribution is -2.37. The molecule has 0 bridgehead atoms. The molecule has 6 nitrogen and oxygen atoms in total. The van der Waals surface area contributed by atoms with Gasteiger partial charge in [0.2, 0.25) is 10.0 Å². The Kier molecular flexibility index (Phi) is 5.62. The number of hydrogen-bond acceptors (Lipinski definition) is 5. The zero-order valence-corrected chi connectivity index (χ0v) is 13.5. The average Bonchev–Trinajstić information content (AvgIpc) is 2.82. The van der Waals surface area contributed by atoms with Gasteiger partial charge in [0.05, 0.1) is 0 Å². The highest BCUT2D eigenvalue weighted by atomic mass is 79.9. The van der Waals surface area contributed by atoms with Gasteiger partial charge >= 0.3 is 0 Å². The molecule has 1 saturated heterocycles. The van der Waals surface area contributed by atoms with Gasteiger partial charge in [-0.1, -0.05) is 6.42 Å². The molecule has 2 rings (SSSR count). The normalized spacial score (nSPS) is 17.5. The Morgan fingerprint density at radius 3 is 2.65 bits per heavy atom. The van der Waals surface area contributed by atoms with E-state index in [9.17, 15) is 8.42 Å². The number of rotatable bonds is 6. The zero-order valence-electron chi connectivity index (χ0n) is 11.1. The van der Waals surface area contributed by atoms with Crippen LogP contribution in [-0.2, 0) is 16.6 Å². The van der Waals surface area contributed by atoms with Crippen molar-refractivity contribution in [3.05, 3.63) is 16.5 Å². The van der Waals surface area contributed by atoms with Gasteiger partial charge in [0.15, 0.2) is 4.67 Å². The van der Waals surface area contributed by atoms with Crippen LogP contribution in [0.1, 0.15) is 25.0 Å². The van der Waals surface area contributed by atoms with Crippen LogP contribution >= 0.6 is 15.9 Å². The van der Waals surface area contributed by atoms with Crippen molar-refractivity contribution in [1.29, 1.82) is 0 Å². The van der Waals surface area contributed by atoms with Crippen LogP contribution in [0.3, 0.4) is 0 Å². The fourth-order valence-corrected chi connectivity index (χ4v) is 4.27. The molecule has 0 amide bonds. The minimum Gasteiger partial charge on any atom is -0.450 e. The number of nitrogens with zero attached hydrogens (tertiary/aromatic N) is 1. The fourth-order valence-electron chi connectivity index (χ4n) is 2.26. The third-order valence-corrected chi connectivity index (χ3v) is 5.64. The first-order valence-electron chi connectivity index (χ1n) is 6.64. The molecule has 1 aliphatic heterocycles. The monoisotopic (exact) mass is 366 g/mol. The van der Waals surface area contributed by atoms with Crippen molar-refractivity contribution in [2.45, 2.75) is 30.8 Å². The molecule has 2 heterocycles. The second-order valence-electron chi connectivity index (χ2n) is 4.81. The van der Waals surface area contributed by atoms with Crippen molar-refractivity contribution in [2.24, 2.45) is 0 Å². The van der Waals surface area contributed by atoms with Crippen LogP contribution in [0.5, 0.6) is 0 Å². The molecule has 114 valence electrons. The topological polar surface area (TPSA) is 82.8 Å². The maximum Gasteiger partial charge on any atom is 0.245 e. The summed E-state index contributed by atoms with van der Waals surface area (Å²) < 4.78 is 32.0. The van der Waals surface area contributed by atoms with Gasteiger partial charge in [-0.25, -0.2) is 13.1 Å². The number of sulfonamides is 1. The van der Waals surface area contributed by atoms with Gasteiger partial charge in [-0.15, -0.1) is 0 Å². The molecule has 0 atom stereocenters. The first-order valence-corrected chi connectivity index (χ1v) is 8.91. The summed E-state index contributed by atoms with van der Waals surface area (Å²) >= 11 is 3.05. The molecule has 1 aromatic rings. The average molecular weight is 367 g/mol. The largest absolute Gasteiger partial charge is 0.450 e. The standard InChI is InChI=1S/C12H19BrN2O4S/c13-12-11(8-10(9-16)19-12)20(17,18)14-4-7-15-5-2-1-3-6-15/h8,14,16H,1-7,9H2. The van der Waals surface area contributed by atoms with Crippen LogP contribution in [0, 0.1) is 0 Å². The molecule has 0 spiro atoms. The van der Waals surface area contributed by atoms with E-state index in [2.05, 4.69) is 25.6 Å². The number of aliphatic hydroxyl groups is 1. The van der Waals surface area contributed by atoms with E-state index < -0.39 is 10.0 Å². The number of furan rings is 1. The fraction of sp³-hybridized carbons (Fsp3) is 0.667. The summed E-state index contributed by atoms with van der Waals surface area (Å²) in [6.07, 6.45) is 3.62. The number of aliphatic hydroxyl groups excluding tert-OH is 1. The van der Waals surface area contributed by atoms with Gasteiger partial charge in [0.25, 0.3) is 0 Å². The quantitative estimate of drug-likeness (QED) is 0.792. The summed E-state index contributed by atoms with van der Waals surface area (Å²) in [7, 11) is -3.61. The highest BCUT2D eigenvalue weighted by molar-refractivity contribution is 9.10. The van der Waals surface area contributed by atoms with Gasteiger partial charge in [-0.3, -0.25) is 0 Å². The summed E-state index contributed by atoms with van der Waals surface area (Å²) in [5.41, 5.74) is 0. The lowest BCUT2D eigenvalue weighted by Gasteiger charge is -2.26. The molecular weight excluding hydrogens is 348 g/mol. The Morgan fingerprint density at radius 1 is 1.35 bits per heavy atom. The lowest BCUT2D eigenvalue weighted by atomic mass is 10.1. The van der Waals surface area contributed by atoms with Crippen LogP contribution < -0.4 is 4.72 Å². The van der Waals surface area contributed by atoms with E-state index in [1.54, 1.807) is 0 Å². The zero-order chi connectivity index (χ0) is 14.6. The first kappa shape index (κ1) is 16.0. The molecule has 0 saturated carbocycles. The van der Waals surface area contributed by atoms with Crippen molar-refractivity contribution >= 4 is 26.0 Å². The van der Waals surface area contributed by atoms with Crippen LogP contribution in [0.15, 0.2) is 20.0 Å². The van der Waals surface area contributed by atoms with E-state index in [-0.39, 0.29) is 21.9 Å². The Hall–Kier alpha value is -0.410. The van der Waals surface area contributed by atoms with E-state index in [0.717, 1.165) is 13.1 Å². The Labute approximate surface area is 127 Å². The number of hydrogen-bond donors (Lipinski definition) is 2. The van der Waals surface area contributed by atoms with Gasteiger partial charge in [-0.05, 0) is 41.9 Å². The number of piperidine rings is 1. The third kappa shape index (κ3) is 4.05. The van der Waals surface area contributed by atoms with E-state index >= 15 is 0 Å². The van der Waals surface area contributed by atoms with Crippen LogP contribution in [0.4, 0.5) is 0 Å². The van der Waals surface area contributed by atoms with E-state index in [0.29, 0.717) is 13.1 Å². The van der Waals surface area contributed by atoms with Crippen molar-refractivity contribution < 1.29 is 17.9 Å². The van der Waals surface area contributed by atoms with Gasteiger partial charge in [0, 0.05) is 19.2 Å². The summed E-state index contributed by atoms with van der Waals surface area (Å²) in [6.45, 7) is 2.81. The molecule has 0 unspecified atom stereocenters. The van der Waals surface area contributed by atoms with E-state index in [1.807, 2.05) is 0 Å². The maximum absolute atomic E-state index is 12.1. The van der Waals surface area contributed by atoms with Crippen molar-refractivity contribution in [3.63, 3.8) is 0 Å². The summed E-state index contributed by atoms with van der Waals surface area (Å²) in [5, 5.41) is 8.95. The molecule has 0 aromatic carbocycles. The Bertz CT molecular complexity index is 538. The minimum atomic E-state index is -3.61. The molecule has 20 heavy (non-hydrogen) atoms. The molecule has 1 aromatic heterocycles. The highest BCUT2D eigenvalue weighted by Crippen LogP contribution is 2.25. The molecular formula is C12H19BrN2O4S. The van der Waals surface area contributed by atoms with Crippen molar-refractivity contribution in [2.75, 3.05) is 26.2 Å². The Morgan fingerprint density at radius 2 is 2.05 bits per heavy atom. The molecule has 2 N–H and O–H groups in total. The lowest BCUT2D eigenvalue weighted by molar-refractivity contribution is 0.232. The van der Waals surface area contributed by atoms with Crippen molar-refractivity contribution in [1.82, 2.24) is 9.62 Å². The number of halogens is 1. The second-order valence-corrected chi connectivity index (χ2v) is 7.26. The molecule has 1 fully saturated rings. The second kappa shape index (κ2) is 7.04. The predicted octanol–water partition coefficient (Wildman–Crippen LogP) is 1.30. The van der Waals surface area contributed by atoms with Gasteiger partial charge < -0.3 is 14.4 Å². The van der Waals surface area contributed by atoms with Gasteiger partial charge in [-0.2, -0.15) is 0 Å². The molecule has 0 radical (unpaired) electrons. The maximum atomic E-state index is 12.1.